The number of hydrogen-bond acceptors (Lipinski definition) is 16. The van der Waals surface area contributed by atoms with Crippen molar-refractivity contribution in [1.82, 2.24) is 46.8 Å². The van der Waals surface area contributed by atoms with Gasteiger partial charge in [0.2, 0.25) is 0 Å². The van der Waals surface area contributed by atoms with Crippen molar-refractivity contribution in [3.63, 3.8) is 0 Å². The van der Waals surface area contributed by atoms with Crippen LogP contribution in [0.15, 0.2) is 0 Å². The molecule has 6 rings (SSSR count). The first-order chi connectivity index (χ1) is 23.7. The van der Waals surface area contributed by atoms with Crippen LogP contribution in [0.25, 0.3) is 0 Å². The van der Waals surface area contributed by atoms with E-state index in [1.807, 2.05) is 0 Å². The molecular formula is C24H41N9O15S2. The summed E-state index contributed by atoms with van der Waals surface area (Å²) in [4.78, 5) is 61.7. The van der Waals surface area contributed by atoms with Gasteiger partial charge >= 0.3 is 32.9 Å². The zero-order valence-electron chi connectivity index (χ0n) is 26.7. The highest BCUT2D eigenvalue weighted by Gasteiger charge is 2.50. The zero-order valence-corrected chi connectivity index (χ0v) is 28.3. The van der Waals surface area contributed by atoms with Gasteiger partial charge in [-0.05, 0) is 25.7 Å². The molecule has 0 radical (unpaired) electrons. The van der Waals surface area contributed by atoms with Crippen LogP contribution < -0.4 is 26.9 Å². The molecule has 6 aliphatic heterocycles. The smallest absolute Gasteiger partial charge is 0.378 e. The van der Waals surface area contributed by atoms with Crippen molar-refractivity contribution in [1.29, 1.82) is 0 Å². The average Bonchev–Trinajstić information content (AvgIpc) is 3.44. The molecule has 24 nitrogen and oxygen atoms in total. The number of hydroxylamine groups is 6. The summed E-state index contributed by atoms with van der Waals surface area (Å²) in [5.74, 6) is -0.985. The number of rotatable bonds is 12. The minimum absolute atomic E-state index is 0.0307. The van der Waals surface area contributed by atoms with Crippen molar-refractivity contribution in [2.75, 3.05) is 65.7 Å². The molecule has 7 N–H and O–H groups in total. The molecule has 0 aromatic carbocycles. The van der Waals surface area contributed by atoms with Gasteiger partial charge in [0.05, 0.1) is 44.6 Å². The van der Waals surface area contributed by atoms with Crippen molar-refractivity contribution in [2.24, 2.45) is 0 Å². The van der Waals surface area contributed by atoms with Crippen LogP contribution in [0.2, 0.25) is 0 Å². The maximum atomic E-state index is 12.3. The first-order valence-electron chi connectivity index (χ1n) is 15.8. The van der Waals surface area contributed by atoms with Crippen LogP contribution in [0.5, 0.6) is 0 Å². The lowest BCUT2D eigenvalue weighted by Crippen LogP contribution is -2.53. The van der Waals surface area contributed by atoms with Gasteiger partial charge in [-0.2, -0.15) is 27.0 Å². The summed E-state index contributed by atoms with van der Waals surface area (Å²) in [5.41, 5.74) is 4.65. The fraction of sp³-hybridized carbons (Fsp3) is 0.833. The predicted octanol–water partition coefficient (Wildman–Crippen LogP) is -4.38. The molecule has 0 saturated carbocycles. The van der Waals surface area contributed by atoms with Gasteiger partial charge in [-0.25, -0.2) is 20.5 Å². The number of morpholine rings is 1. The molecule has 50 heavy (non-hydrogen) atoms. The lowest BCUT2D eigenvalue weighted by atomic mass is 10.0. The van der Waals surface area contributed by atoms with Gasteiger partial charge in [0.15, 0.2) is 0 Å². The lowest BCUT2D eigenvalue weighted by molar-refractivity contribution is -0.140. The van der Waals surface area contributed by atoms with Crippen LogP contribution in [0.1, 0.15) is 25.7 Å². The Hall–Kier alpha value is -3.02. The number of carbonyl (C=O) groups is 4. The molecule has 0 aliphatic carbocycles. The second-order valence-corrected chi connectivity index (χ2v) is 14.2. The van der Waals surface area contributed by atoms with E-state index in [0.717, 1.165) is 19.6 Å². The van der Waals surface area contributed by atoms with Crippen LogP contribution >= 0.6 is 0 Å². The van der Waals surface area contributed by atoms with E-state index in [1.165, 1.54) is 9.80 Å². The second-order valence-electron chi connectivity index (χ2n) is 12.2. The van der Waals surface area contributed by atoms with Gasteiger partial charge in [0.25, 0.3) is 11.8 Å². The first kappa shape index (κ1) is 38.2. The van der Waals surface area contributed by atoms with Gasteiger partial charge < -0.3 is 30.5 Å². The van der Waals surface area contributed by atoms with Gasteiger partial charge in [-0.3, -0.25) is 28.4 Å². The number of urea groups is 2. The Morgan fingerprint density at radius 1 is 0.760 bits per heavy atom. The molecule has 26 heteroatoms. The molecule has 6 heterocycles. The molecule has 6 saturated heterocycles. The van der Waals surface area contributed by atoms with Crippen molar-refractivity contribution in [2.45, 2.75) is 61.9 Å². The van der Waals surface area contributed by atoms with Crippen LogP contribution in [0, 0.1) is 0 Å². The summed E-state index contributed by atoms with van der Waals surface area (Å²) >= 11 is 0. The summed E-state index contributed by atoms with van der Waals surface area (Å²) in [6.45, 7) is 5.01. The maximum Gasteiger partial charge on any atom is 0.418 e. The summed E-state index contributed by atoms with van der Waals surface area (Å²) < 4.78 is 74.7. The quantitative estimate of drug-likeness (QED) is 0.0730. The Morgan fingerprint density at radius 3 is 1.70 bits per heavy atom. The van der Waals surface area contributed by atoms with Crippen LogP contribution in [-0.2, 0) is 53.4 Å². The molecule has 6 fully saturated rings. The Bertz CT molecular complexity index is 1350. The van der Waals surface area contributed by atoms with Crippen LogP contribution in [-0.4, -0.2) is 172 Å². The van der Waals surface area contributed by atoms with E-state index >= 15 is 0 Å². The van der Waals surface area contributed by atoms with E-state index in [0.29, 0.717) is 55.6 Å². The fourth-order valence-corrected chi connectivity index (χ4v) is 7.11. The molecule has 6 aliphatic rings. The second kappa shape index (κ2) is 16.5. The molecule has 2 unspecified atom stereocenters. The van der Waals surface area contributed by atoms with Crippen LogP contribution in [0.3, 0.4) is 0 Å². The van der Waals surface area contributed by atoms with Crippen molar-refractivity contribution in [3.05, 3.63) is 0 Å². The number of carbonyl (C=O) groups excluding carboxylic acids is 4. The Morgan fingerprint density at radius 2 is 1.26 bits per heavy atom. The number of piperazine rings is 1. The first-order valence-corrected chi connectivity index (χ1v) is 18.6. The lowest BCUT2D eigenvalue weighted by Gasteiger charge is -2.29. The molecule has 6 amide bonds. The van der Waals surface area contributed by atoms with E-state index in [4.69, 9.17) is 23.5 Å². The highest BCUT2D eigenvalue weighted by atomic mass is 32.3. The monoisotopic (exact) mass is 759 g/mol. The van der Waals surface area contributed by atoms with Gasteiger partial charge in [-0.15, -0.1) is 8.57 Å². The van der Waals surface area contributed by atoms with Crippen molar-refractivity contribution < 1.29 is 68.1 Å². The summed E-state index contributed by atoms with van der Waals surface area (Å²) in [7, 11) is -9.61. The number of nitrogens with zero attached hydrogens (tertiary/aromatic N) is 4. The predicted molar refractivity (Wildman–Crippen MR) is 162 cm³/mol. The molecule has 4 bridgehead atoms. The van der Waals surface area contributed by atoms with E-state index in [9.17, 15) is 36.0 Å². The highest BCUT2D eigenvalue weighted by molar-refractivity contribution is 7.81. The number of amides is 6. The molecule has 0 aromatic rings. The van der Waals surface area contributed by atoms with E-state index in [-0.39, 0.29) is 38.4 Å². The number of fused-ring (bicyclic) bond motifs is 4. The minimum atomic E-state index is -4.81. The van der Waals surface area contributed by atoms with E-state index in [2.05, 4.69) is 35.5 Å². The maximum absolute atomic E-state index is 12.3. The highest BCUT2D eigenvalue weighted by Crippen LogP contribution is 2.32. The normalized spacial score (nSPS) is 29.8. The van der Waals surface area contributed by atoms with Gasteiger partial charge in [0, 0.05) is 45.3 Å². The minimum Gasteiger partial charge on any atom is -0.378 e. The van der Waals surface area contributed by atoms with E-state index < -0.39 is 68.8 Å². The standard InChI is InChI=1S/C12H21N5O7S.C12H20N4O8S/c18-11(15-23-7-8-5-13-3-4-14-8)10-2-1-9-6-16(10)12(19)17(9)24-25(20,21)22;17-11(14-23-7-8-6-22-4-3-13-8)10-2-1-9-5-15(10)12(18)16(9)24-25(19,20)21/h8-10,13-14H,1-7H2,(H,15,18)(H,20,21,22);8-10,13H,1-7H2,(H,14,17)(H,19,20,21)/t2*8?,9-,10+/m11/s1. The third-order valence-electron chi connectivity index (χ3n) is 8.64. The largest absolute Gasteiger partial charge is 0.418 e. The fourth-order valence-electron chi connectivity index (χ4n) is 6.33. The third-order valence-corrected chi connectivity index (χ3v) is 9.34. The van der Waals surface area contributed by atoms with Gasteiger partial charge in [0.1, 0.15) is 12.1 Å². The molecule has 6 atom stereocenters. The average molecular weight is 760 g/mol. The van der Waals surface area contributed by atoms with Crippen molar-refractivity contribution >= 4 is 44.7 Å². The van der Waals surface area contributed by atoms with Crippen molar-refractivity contribution in [3.8, 4) is 0 Å². The summed E-state index contributed by atoms with van der Waals surface area (Å²) in [5, 5.41) is 10.8. The summed E-state index contributed by atoms with van der Waals surface area (Å²) in [6.07, 6.45) is 1.37. The molecule has 0 aromatic heterocycles. The molecule has 284 valence electrons. The molecule has 0 spiro atoms. The SMILES string of the molecule is O=C(NOCC1CNCCN1)[C@@H]1CC[C@@H]2CN1C(=O)N2OS(=O)(=O)O.O=C(NOCC1COCCN1)[C@@H]1CC[C@@H]2CN1C(=O)N2OS(=O)(=O)O. The number of nitrogens with one attached hydrogen (secondary N) is 5. The number of ether oxygens (including phenoxy) is 1. The number of hydrogen-bond donors (Lipinski definition) is 7. The molecular weight excluding hydrogens is 718 g/mol. The Balaban J connectivity index is 0.000000194. The van der Waals surface area contributed by atoms with Gasteiger partial charge in [-0.1, -0.05) is 0 Å². The van der Waals surface area contributed by atoms with Crippen LogP contribution in [0.4, 0.5) is 9.59 Å². The zero-order chi connectivity index (χ0) is 36.1. The topological polar surface area (TPSA) is 296 Å². The summed E-state index contributed by atoms with van der Waals surface area (Å²) in [6, 6.07) is -4.17. The third kappa shape index (κ3) is 10.1. The van der Waals surface area contributed by atoms with E-state index in [1.54, 1.807) is 0 Å². The Labute approximate surface area is 287 Å². The Kier molecular flexibility index (Phi) is 12.6. The number of piperidine rings is 2.